The Morgan fingerprint density at radius 2 is 2.08 bits per heavy atom. The van der Waals surface area contributed by atoms with E-state index in [4.69, 9.17) is 0 Å². The Balaban J connectivity index is 1.60. The van der Waals surface area contributed by atoms with E-state index in [0.717, 1.165) is 0 Å². The number of carbonyl (C=O) groups excluding carboxylic acids is 2. The number of tetrazole rings is 1. The van der Waals surface area contributed by atoms with Crippen LogP contribution in [0.4, 0.5) is 4.39 Å². The van der Waals surface area contributed by atoms with Gasteiger partial charge in [-0.15, -0.1) is 5.10 Å². The van der Waals surface area contributed by atoms with E-state index in [1.807, 2.05) is 6.92 Å². The first-order valence-corrected chi connectivity index (χ1v) is 8.47. The van der Waals surface area contributed by atoms with Crippen molar-refractivity contribution in [2.75, 3.05) is 20.1 Å². The molecule has 1 aromatic carbocycles. The Labute approximate surface area is 150 Å². The number of halogens is 1. The summed E-state index contributed by atoms with van der Waals surface area (Å²) in [5.74, 6) is -0.123. The van der Waals surface area contributed by atoms with Crippen molar-refractivity contribution in [1.82, 2.24) is 30.0 Å². The summed E-state index contributed by atoms with van der Waals surface area (Å²) in [5, 5.41) is 11.0. The van der Waals surface area contributed by atoms with Crippen molar-refractivity contribution in [2.45, 2.75) is 32.9 Å². The zero-order valence-electron chi connectivity index (χ0n) is 15.0. The monoisotopic (exact) mass is 360 g/mol. The standard InChI is InChI=1S/C17H21FN6O2/c1-4-13-14(6-5-7-15(13)18)17(26)22(3)12-8-23(9-12)16(25)10-24-11(2)19-20-21-24/h5-7,12H,4,8-10H2,1-3H3. The third-order valence-electron chi connectivity index (χ3n) is 4.78. The molecule has 0 N–H and O–H groups in total. The van der Waals surface area contributed by atoms with Crippen molar-refractivity contribution >= 4 is 11.8 Å². The normalized spacial score (nSPS) is 14.2. The molecule has 0 spiro atoms. The van der Waals surface area contributed by atoms with Crippen LogP contribution in [0.1, 0.15) is 28.7 Å². The average Bonchev–Trinajstić information content (AvgIpc) is 2.97. The minimum absolute atomic E-state index is 0.0765. The fourth-order valence-electron chi connectivity index (χ4n) is 3.00. The maximum atomic E-state index is 13.9. The third kappa shape index (κ3) is 3.29. The lowest BCUT2D eigenvalue weighted by Gasteiger charge is -2.44. The van der Waals surface area contributed by atoms with Crippen molar-refractivity contribution in [3.05, 3.63) is 41.0 Å². The fourth-order valence-corrected chi connectivity index (χ4v) is 3.00. The molecule has 0 radical (unpaired) electrons. The highest BCUT2D eigenvalue weighted by Gasteiger charge is 2.36. The molecule has 2 amide bonds. The minimum Gasteiger partial charge on any atom is -0.337 e. The second-order valence-electron chi connectivity index (χ2n) is 6.37. The van der Waals surface area contributed by atoms with E-state index in [0.29, 0.717) is 36.5 Å². The highest BCUT2D eigenvalue weighted by atomic mass is 19.1. The van der Waals surface area contributed by atoms with E-state index < -0.39 is 0 Å². The summed E-state index contributed by atoms with van der Waals surface area (Å²) in [6.45, 7) is 4.51. The molecule has 26 heavy (non-hydrogen) atoms. The number of nitrogens with zero attached hydrogens (tertiary/aromatic N) is 6. The van der Waals surface area contributed by atoms with Crippen molar-refractivity contribution in [2.24, 2.45) is 0 Å². The lowest BCUT2D eigenvalue weighted by Crippen LogP contribution is -2.61. The predicted octanol–water partition coefficient (Wildman–Crippen LogP) is 0.666. The number of amides is 2. The maximum Gasteiger partial charge on any atom is 0.254 e. The van der Waals surface area contributed by atoms with E-state index in [1.165, 1.54) is 10.7 Å². The number of likely N-dealkylation sites (tertiary alicyclic amines) is 1. The number of aryl methyl sites for hydroxylation is 1. The quantitative estimate of drug-likeness (QED) is 0.782. The highest BCUT2D eigenvalue weighted by molar-refractivity contribution is 5.96. The van der Waals surface area contributed by atoms with Gasteiger partial charge in [0.2, 0.25) is 5.91 Å². The molecule has 0 unspecified atom stereocenters. The Hall–Kier alpha value is -2.84. The molecule has 0 aliphatic carbocycles. The molecule has 1 saturated heterocycles. The second kappa shape index (κ2) is 7.19. The summed E-state index contributed by atoms with van der Waals surface area (Å²) in [4.78, 5) is 28.2. The minimum atomic E-state index is -0.367. The van der Waals surface area contributed by atoms with Gasteiger partial charge in [-0.2, -0.15) is 0 Å². The molecule has 1 aliphatic rings. The van der Waals surface area contributed by atoms with Gasteiger partial charge in [0.05, 0.1) is 6.04 Å². The van der Waals surface area contributed by atoms with Gasteiger partial charge < -0.3 is 9.80 Å². The molecular formula is C17H21FN6O2. The van der Waals surface area contributed by atoms with Crippen LogP contribution in [0.5, 0.6) is 0 Å². The van der Waals surface area contributed by atoms with Crippen LogP contribution in [0.2, 0.25) is 0 Å². The highest BCUT2D eigenvalue weighted by Crippen LogP contribution is 2.20. The maximum absolute atomic E-state index is 13.9. The van der Waals surface area contributed by atoms with Gasteiger partial charge in [0.25, 0.3) is 5.91 Å². The average molecular weight is 360 g/mol. The first kappa shape index (κ1) is 18.0. The summed E-state index contributed by atoms with van der Waals surface area (Å²) < 4.78 is 15.3. The van der Waals surface area contributed by atoms with E-state index in [-0.39, 0.29) is 30.2 Å². The molecule has 0 saturated carbocycles. The molecule has 0 atom stereocenters. The van der Waals surface area contributed by atoms with Crippen LogP contribution in [0.3, 0.4) is 0 Å². The van der Waals surface area contributed by atoms with Crippen LogP contribution in [0.25, 0.3) is 0 Å². The zero-order valence-corrected chi connectivity index (χ0v) is 15.0. The molecule has 2 aromatic rings. The van der Waals surface area contributed by atoms with Gasteiger partial charge in [0, 0.05) is 31.3 Å². The van der Waals surface area contributed by atoms with Gasteiger partial charge in [-0.25, -0.2) is 9.07 Å². The SMILES string of the molecule is CCc1c(F)cccc1C(=O)N(C)C1CN(C(=O)Cn2nnnc2C)C1. The topological polar surface area (TPSA) is 84.2 Å². The number of aromatic nitrogens is 4. The lowest BCUT2D eigenvalue weighted by molar-refractivity contribution is -0.138. The first-order valence-electron chi connectivity index (χ1n) is 8.47. The molecule has 8 nitrogen and oxygen atoms in total. The van der Waals surface area contributed by atoms with Crippen LogP contribution in [0, 0.1) is 12.7 Å². The summed E-state index contributed by atoms with van der Waals surface area (Å²) >= 11 is 0. The predicted molar refractivity (Wildman–Crippen MR) is 90.8 cm³/mol. The van der Waals surface area contributed by atoms with Gasteiger partial charge in [0.1, 0.15) is 18.2 Å². The third-order valence-corrected chi connectivity index (χ3v) is 4.78. The molecule has 1 fully saturated rings. The Morgan fingerprint density at radius 1 is 1.35 bits per heavy atom. The van der Waals surface area contributed by atoms with Crippen molar-refractivity contribution < 1.29 is 14.0 Å². The van der Waals surface area contributed by atoms with Crippen molar-refractivity contribution in [1.29, 1.82) is 0 Å². The number of hydrogen-bond acceptors (Lipinski definition) is 5. The van der Waals surface area contributed by atoms with E-state index >= 15 is 0 Å². The number of benzene rings is 1. The van der Waals surface area contributed by atoms with E-state index in [2.05, 4.69) is 15.5 Å². The summed E-state index contributed by atoms with van der Waals surface area (Å²) in [5.41, 5.74) is 0.801. The smallest absolute Gasteiger partial charge is 0.254 e. The van der Waals surface area contributed by atoms with E-state index in [1.54, 1.807) is 35.9 Å². The number of rotatable bonds is 5. The summed E-state index contributed by atoms with van der Waals surface area (Å²) in [6, 6.07) is 4.46. The van der Waals surface area contributed by atoms with Gasteiger partial charge in [0.15, 0.2) is 0 Å². The van der Waals surface area contributed by atoms with Crippen LogP contribution >= 0.6 is 0 Å². The molecular weight excluding hydrogens is 339 g/mol. The van der Waals surface area contributed by atoms with Gasteiger partial charge in [-0.1, -0.05) is 13.0 Å². The Bertz CT molecular complexity index is 830. The number of likely N-dealkylation sites (N-methyl/N-ethyl adjacent to an activating group) is 1. The second-order valence-corrected chi connectivity index (χ2v) is 6.37. The molecule has 9 heteroatoms. The van der Waals surface area contributed by atoms with Crippen molar-refractivity contribution in [3.8, 4) is 0 Å². The van der Waals surface area contributed by atoms with Gasteiger partial charge >= 0.3 is 0 Å². The first-order chi connectivity index (χ1) is 12.4. The van der Waals surface area contributed by atoms with Crippen LogP contribution in [-0.4, -0.2) is 68.0 Å². The van der Waals surface area contributed by atoms with Crippen molar-refractivity contribution in [3.63, 3.8) is 0 Å². The summed E-state index contributed by atoms with van der Waals surface area (Å²) in [6.07, 6.45) is 0.447. The Morgan fingerprint density at radius 3 is 2.69 bits per heavy atom. The molecule has 1 aromatic heterocycles. The molecule has 138 valence electrons. The molecule has 3 rings (SSSR count). The molecule has 1 aliphatic heterocycles. The summed E-state index contributed by atoms with van der Waals surface area (Å²) in [7, 11) is 1.69. The van der Waals surface area contributed by atoms with Crippen LogP contribution in [0.15, 0.2) is 18.2 Å². The van der Waals surface area contributed by atoms with Gasteiger partial charge in [-0.3, -0.25) is 9.59 Å². The van der Waals surface area contributed by atoms with Crippen LogP contribution < -0.4 is 0 Å². The fraction of sp³-hybridized carbons (Fsp3) is 0.471. The van der Waals surface area contributed by atoms with E-state index in [9.17, 15) is 14.0 Å². The number of hydrogen-bond donors (Lipinski definition) is 0. The lowest BCUT2D eigenvalue weighted by atomic mass is 10.0. The number of carbonyl (C=O) groups is 2. The molecule has 2 heterocycles. The largest absolute Gasteiger partial charge is 0.337 e. The van der Waals surface area contributed by atoms with Gasteiger partial charge in [-0.05, 0) is 35.9 Å². The zero-order chi connectivity index (χ0) is 18.8. The Kier molecular flexibility index (Phi) is 4.97. The molecule has 0 bridgehead atoms. The van der Waals surface area contributed by atoms with Crippen LogP contribution in [-0.2, 0) is 17.8 Å².